The van der Waals surface area contributed by atoms with Crippen LogP contribution in [0.2, 0.25) is 0 Å². The van der Waals surface area contributed by atoms with Gasteiger partial charge in [-0.3, -0.25) is 0 Å². The second-order valence-corrected chi connectivity index (χ2v) is 4.56. The Labute approximate surface area is 101 Å². The number of ether oxygens (including phenoxy) is 1. The largest absolute Gasteiger partial charge is 0.504 e. The zero-order valence-corrected chi connectivity index (χ0v) is 10.2. The van der Waals surface area contributed by atoms with Crippen LogP contribution >= 0.6 is 15.9 Å². The Balaban J connectivity index is 2.60. The van der Waals surface area contributed by atoms with E-state index in [4.69, 9.17) is 4.74 Å². The first-order valence-electron chi connectivity index (χ1n) is 4.79. The third-order valence-electron chi connectivity index (χ3n) is 2.76. The summed E-state index contributed by atoms with van der Waals surface area (Å²) in [5.74, 6) is 0.416. The number of isocyanates is 1. The number of aromatic hydroxyl groups is 1. The monoisotopic (exact) mass is 283 g/mol. The molecule has 0 heterocycles. The topological polar surface area (TPSA) is 58.9 Å². The van der Waals surface area contributed by atoms with Gasteiger partial charge in [-0.2, -0.15) is 4.99 Å². The van der Waals surface area contributed by atoms with Crippen molar-refractivity contribution in [3.63, 3.8) is 0 Å². The van der Waals surface area contributed by atoms with Crippen molar-refractivity contribution >= 4 is 22.0 Å². The van der Waals surface area contributed by atoms with E-state index in [1.54, 1.807) is 18.2 Å². The van der Waals surface area contributed by atoms with Gasteiger partial charge in [0.25, 0.3) is 0 Å². The normalized spacial score (nSPS) is 16.4. The van der Waals surface area contributed by atoms with Gasteiger partial charge in [0.15, 0.2) is 11.5 Å². The number of methoxy groups -OCH3 is 1. The van der Waals surface area contributed by atoms with E-state index in [0.29, 0.717) is 11.3 Å². The standard InChI is InChI=1S/C11H10BrNO3/c1-16-8-3-2-7(12)9(10(8)15)11(4-5-11)13-6-14/h2-3,15H,4-5H2,1H3. The van der Waals surface area contributed by atoms with Gasteiger partial charge in [-0.15, -0.1) is 0 Å². The first kappa shape index (κ1) is 11.2. The van der Waals surface area contributed by atoms with Gasteiger partial charge >= 0.3 is 0 Å². The highest BCUT2D eigenvalue weighted by Gasteiger charge is 2.48. The lowest BCUT2D eigenvalue weighted by molar-refractivity contribution is 0.367. The van der Waals surface area contributed by atoms with E-state index in [0.717, 1.165) is 17.3 Å². The highest BCUT2D eigenvalue weighted by molar-refractivity contribution is 9.10. The van der Waals surface area contributed by atoms with Crippen molar-refractivity contribution in [3.05, 3.63) is 22.2 Å². The fourth-order valence-electron chi connectivity index (χ4n) is 1.78. The number of carbonyl (C=O) groups excluding carboxylic acids is 1. The minimum Gasteiger partial charge on any atom is -0.504 e. The molecule has 0 radical (unpaired) electrons. The van der Waals surface area contributed by atoms with Crippen LogP contribution in [0.5, 0.6) is 11.5 Å². The summed E-state index contributed by atoms with van der Waals surface area (Å²) in [5, 5.41) is 10.0. The van der Waals surface area contributed by atoms with Crippen molar-refractivity contribution in [2.45, 2.75) is 18.4 Å². The molecular weight excluding hydrogens is 274 g/mol. The molecule has 1 aliphatic rings. The average molecular weight is 284 g/mol. The maximum absolute atomic E-state index is 10.4. The summed E-state index contributed by atoms with van der Waals surface area (Å²) in [7, 11) is 1.48. The smallest absolute Gasteiger partial charge is 0.235 e. The van der Waals surface area contributed by atoms with E-state index in [1.807, 2.05) is 0 Å². The molecule has 0 unspecified atom stereocenters. The van der Waals surface area contributed by atoms with Crippen LogP contribution in [-0.2, 0) is 10.3 Å². The molecule has 1 aromatic rings. The van der Waals surface area contributed by atoms with Crippen molar-refractivity contribution in [3.8, 4) is 11.5 Å². The van der Waals surface area contributed by atoms with Crippen molar-refractivity contribution in [2.75, 3.05) is 7.11 Å². The lowest BCUT2D eigenvalue weighted by atomic mass is 10.0. The number of benzene rings is 1. The van der Waals surface area contributed by atoms with Crippen LogP contribution < -0.4 is 4.74 Å². The number of aliphatic imine (C=N–C) groups is 1. The van der Waals surface area contributed by atoms with Gasteiger partial charge < -0.3 is 9.84 Å². The van der Waals surface area contributed by atoms with Crippen molar-refractivity contribution in [2.24, 2.45) is 4.99 Å². The molecule has 0 bridgehead atoms. The summed E-state index contributed by atoms with van der Waals surface area (Å²) < 4.78 is 5.76. The van der Waals surface area contributed by atoms with Gasteiger partial charge in [-0.05, 0) is 25.0 Å². The summed E-state index contributed by atoms with van der Waals surface area (Å²) in [6.45, 7) is 0. The molecule has 1 fully saturated rings. The average Bonchev–Trinajstić information content (AvgIpc) is 2.99. The summed E-state index contributed by atoms with van der Waals surface area (Å²) >= 11 is 3.35. The highest BCUT2D eigenvalue weighted by Crippen LogP contribution is 2.56. The molecule has 1 N–H and O–H groups in total. The Bertz CT molecular complexity index is 476. The third kappa shape index (κ3) is 1.62. The first-order chi connectivity index (χ1) is 7.64. The molecule has 16 heavy (non-hydrogen) atoms. The molecule has 0 aliphatic heterocycles. The van der Waals surface area contributed by atoms with Crippen LogP contribution in [0.25, 0.3) is 0 Å². The molecule has 84 valence electrons. The fraction of sp³-hybridized carbons (Fsp3) is 0.364. The quantitative estimate of drug-likeness (QED) is 0.685. The van der Waals surface area contributed by atoms with Crippen LogP contribution in [0.15, 0.2) is 21.6 Å². The Kier molecular flexibility index (Phi) is 2.74. The van der Waals surface area contributed by atoms with Gasteiger partial charge in [0, 0.05) is 10.0 Å². The molecular formula is C11H10BrNO3. The molecule has 2 rings (SSSR count). The maximum Gasteiger partial charge on any atom is 0.235 e. The predicted molar refractivity (Wildman–Crippen MR) is 61.4 cm³/mol. The van der Waals surface area contributed by atoms with Crippen LogP contribution in [0.3, 0.4) is 0 Å². The van der Waals surface area contributed by atoms with Crippen LogP contribution in [0, 0.1) is 0 Å². The van der Waals surface area contributed by atoms with E-state index in [-0.39, 0.29) is 5.75 Å². The first-order valence-corrected chi connectivity index (χ1v) is 5.59. The summed E-state index contributed by atoms with van der Waals surface area (Å²) in [6.07, 6.45) is 3.04. The van der Waals surface area contributed by atoms with Gasteiger partial charge in [-0.25, -0.2) is 4.79 Å². The molecule has 0 amide bonds. The van der Waals surface area contributed by atoms with Crippen molar-refractivity contribution < 1.29 is 14.6 Å². The SMILES string of the molecule is COc1ccc(Br)c(C2(N=C=O)CC2)c1O. The van der Waals surface area contributed by atoms with Gasteiger partial charge in [0.05, 0.1) is 7.11 Å². The van der Waals surface area contributed by atoms with Crippen LogP contribution in [0.1, 0.15) is 18.4 Å². The number of phenols is 1. The molecule has 1 aliphatic carbocycles. The van der Waals surface area contributed by atoms with Crippen molar-refractivity contribution in [1.29, 1.82) is 0 Å². The molecule has 4 nitrogen and oxygen atoms in total. The molecule has 0 spiro atoms. The zero-order valence-electron chi connectivity index (χ0n) is 8.66. The molecule has 5 heteroatoms. The maximum atomic E-state index is 10.4. The van der Waals surface area contributed by atoms with E-state index in [2.05, 4.69) is 20.9 Å². The summed E-state index contributed by atoms with van der Waals surface area (Å²) in [5.41, 5.74) is -0.00523. The lowest BCUT2D eigenvalue weighted by Crippen LogP contribution is -2.04. The van der Waals surface area contributed by atoms with Crippen LogP contribution in [-0.4, -0.2) is 18.3 Å². The predicted octanol–water partition coefficient (Wildman–Crippen LogP) is 2.49. The third-order valence-corrected chi connectivity index (χ3v) is 3.42. The number of phenolic OH excluding ortho intramolecular Hbond substituents is 1. The summed E-state index contributed by atoms with van der Waals surface area (Å²) in [6, 6.07) is 3.43. The van der Waals surface area contributed by atoms with E-state index in [1.165, 1.54) is 7.11 Å². The minimum absolute atomic E-state index is 0.0355. The zero-order chi connectivity index (χ0) is 11.8. The highest BCUT2D eigenvalue weighted by atomic mass is 79.9. The van der Waals surface area contributed by atoms with Gasteiger partial charge in [-0.1, -0.05) is 15.9 Å². The molecule has 0 atom stereocenters. The second kappa shape index (κ2) is 3.92. The molecule has 0 saturated heterocycles. The Morgan fingerprint density at radius 1 is 1.56 bits per heavy atom. The minimum atomic E-state index is -0.612. The number of rotatable bonds is 3. The fourth-order valence-corrected chi connectivity index (χ4v) is 2.47. The lowest BCUT2D eigenvalue weighted by Gasteiger charge is -2.15. The Morgan fingerprint density at radius 3 is 2.75 bits per heavy atom. The van der Waals surface area contributed by atoms with E-state index < -0.39 is 5.54 Å². The Morgan fingerprint density at radius 2 is 2.25 bits per heavy atom. The number of nitrogens with zero attached hydrogens (tertiary/aromatic N) is 1. The number of halogens is 1. The number of hydrogen-bond acceptors (Lipinski definition) is 4. The second-order valence-electron chi connectivity index (χ2n) is 3.71. The molecule has 0 aromatic heterocycles. The summed E-state index contributed by atoms with van der Waals surface area (Å²) in [4.78, 5) is 14.2. The van der Waals surface area contributed by atoms with E-state index in [9.17, 15) is 9.90 Å². The number of hydrogen-bond donors (Lipinski definition) is 1. The van der Waals surface area contributed by atoms with Crippen LogP contribution in [0.4, 0.5) is 0 Å². The Hall–Kier alpha value is -1.32. The molecule has 1 aromatic carbocycles. The van der Waals surface area contributed by atoms with Gasteiger partial charge in [0.2, 0.25) is 6.08 Å². The molecule has 1 saturated carbocycles. The van der Waals surface area contributed by atoms with E-state index >= 15 is 0 Å². The van der Waals surface area contributed by atoms with Crippen molar-refractivity contribution in [1.82, 2.24) is 0 Å². The van der Waals surface area contributed by atoms with Gasteiger partial charge in [0.1, 0.15) is 5.54 Å².